The van der Waals surface area contributed by atoms with Crippen molar-refractivity contribution in [2.45, 2.75) is 38.0 Å². The highest BCUT2D eigenvalue weighted by molar-refractivity contribution is 9.10. The standard InChI is InChI=1S/C14H16BrN3/c15-12-8-4-7-11(9-12)14-16-13(17-18-14)10-5-2-1-3-6-10/h4,7-10H,1-3,5-6H2,(H,16,17,18). The van der Waals surface area contributed by atoms with Gasteiger partial charge in [-0.05, 0) is 25.0 Å². The highest BCUT2D eigenvalue weighted by Crippen LogP contribution is 2.31. The third-order valence-electron chi connectivity index (χ3n) is 3.58. The highest BCUT2D eigenvalue weighted by atomic mass is 79.9. The molecular formula is C14H16BrN3. The van der Waals surface area contributed by atoms with Gasteiger partial charge in [-0.25, -0.2) is 4.98 Å². The Labute approximate surface area is 115 Å². The Morgan fingerprint density at radius 1 is 1.17 bits per heavy atom. The van der Waals surface area contributed by atoms with Crippen LogP contribution in [-0.2, 0) is 0 Å². The van der Waals surface area contributed by atoms with Gasteiger partial charge < -0.3 is 0 Å². The molecule has 0 saturated heterocycles. The van der Waals surface area contributed by atoms with Crippen LogP contribution < -0.4 is 0 Å². The van der Waals surface area contributed by atoms with Crippen molar-refractivity contribution >= 4 is 15.9 Å². The molecule has 1 aliphatic rings. The van der Waals surface area contributed by atoms with E-state index < -0.39 is 0 Å². The molecule has 0 atom stereocenters. The van der Waals surface area contributed by atoms with Crippen LogP contribution in [0.3, 0.4) is 0 Å². The molecule has 1 heterocycles. The van der Waals surface area contributed by atoms with E-state index in [0.29, 0.717) is 5.92 Å². The van der Waals surface area contributed by atoms with E-state index in [-0.39, 0.29) is 0 Å². The Bertz CT molecular complexity index is 529. The zero-order valence-corrected chi connectivity index (χ0v) is 11.8. The third kappa shape index (κ3) is 2.48. The van der Waals surface area contributed by atoms with Crippen LogP contribution in [-0.4, -0.2) is 15.2 Å². The van der Waals surface area contributed by atoms with Crippen LogP contribution in [0.25, 0.3) is 11.4 Å². The van der Waals surface area contributed by atoms with Crippen molar-refractivity contribution in [3.8, 4) is 11.4 Å². The van der Waals surface area contributed by atoms with Crippen molar-refractivity contribution in [2.24, 2.45) is 0 Å². The molecule has 1 fully saturated rings. The molecule has 3 nitrogen and oxygen atoms in total. The lowest BCUT2D eigenvalue weighted by molar-refractivity contribution is 0.429. The quantitative estimate of drug-likeness (QED) is 0.899. The van der Waals surface area contributed by atoms with Crippen LogP contribution in [0.2, 0.25) is 0 Å². The topological polar surface area (TPSA) is 41.6 Å². The monoisotopic (exact) mass is 305 g/mol. The van der Waals surface area contributed by atoms with Crippen LogP contribution in [0.15, 0.2) is 28.7 Å². The number of hydrogen-bond donors (Lipinski definition) is 1. The molecule has 1 saturated carbocycles. The Hall–Kier alpha value is -1.16. The van der Waals surface area contributed by atoms with Crippen LogP contribution in [0, 0.1) is 0 Å². The van der Waals surface area contributed by atoms with Gasteiger partial charge in [0.05, 0.1) is 0 Å². The van der Waals surface area contributed by atoms with E-state index in [4.69, 9.17) is 0 Å². The lowest BCUT2D eigenvalue weighted by Gasteiger charge is -2.18. The van der Waals surface area contributed by atoms with E-state index in [0.717, 1.165) is 21.7 Å². The molecule has 18 heavy (non-hydrogen) atoms. The van der Waals surface area contributed by atoms with Gasteiger partial charge in [-0.2, -0.15) is 5.10 Å². The summed E-state index contributed by atoms with van der Waals surface area (Å²) in [6.07, 6.45) is 6.48. The summed E-state index contributed by atoms with van der Waals surface area (Å²) in [4.78, 5) is 4.66. The van der Waals surface area contributed by atoms with E-state index in [1.54, 1.807) is 0 Å². The van der Waals surface area contributed by atoms with Crippen molar-refractivity contribution in [2.75, 3.05) is 0 Å². The van der Waals surface area contributed by atoms with Gasteiger partial charge in [0.1, 0.15) is 5.82 Å². The van der Waals surface area contributed by atoms with E-state index in [1.165, 1.54) is 32.1 Å². The molecule has 0 aliphatic heterocycles. The van der Waals surface area contributed by atoms with Crippen LogP contribution in [0.5, 0.6) is 0 Å². The first-order valence-electron chi connectivity index (χ1n) is 6.51. The van der Waals surface area contributed by atoms with Crippen LogP contribution in [0.4, 0.5) is 0 Å². The Morgan fingerprint density at radius 3 is 2.78 bits per heavy atom. The summed E-state index contributed by atoms with van der Waals surface area (Å²) in [5.41, 5.74) is 1.06. The molecule has 0 unspecified atom stereocenters. The van der Waals surface area contributed by atoms with E-state index in [2.05, 4.69) is 31.1 Å². The molecule has 2 aromatic rings. The second kappa shape index (κ2) is 5.22. The maximum absolute atomic E-state index is 4.66. The fourth-order valence-corrected chi connectivity index (χ4v) is 2.99. The Kier molecular flexibility index (Phi) is 3.46. The normalized spacial score (nSPS) is 16.9. The van der Waals surface area contributed by atoms with Gasteiger partial charge in [0.2, 0.25) is 0 Å². The average Bonchev–Trinajstić information content (AvgIpc) is 2.89. The van der Waals surface area contributed by atoms with Gasteiger partial charge in [0.15, 0.2) is 5.82 Å². The van der Waals surface area contributed by atoms with E-state index in [9.17, 15) is 0 Å². The lowest BCUT2D eigenvalue weighted by atomic mass is 9.89. The molecule has 1 aliphatic carbocycles. The third-order valence-corrected chi connectivity index (χ3v) is 4.07. The Balaban J connectivity index is 1.84. The fourth-order valence-electron chi connectivity index (χ4n) is 2.59. The number of aromatic amines is 1. The van der Waals surface area contributed by atoms with Crippen LogP contribution in [0.1, 0.15) is 43.8 Å². The molecule has 3 rings (SSSR count). The second-order valence-corrected chi connectivity index (χ2v) is 5.81. The Morgan fingerprint density at radius 2 is 2.00 bits per heavy atom. The minimum absolute atomic E-state index is 0.576. The first-order chi connectivity index (χ1) is 8.83. The number of nitrogens with zero attached hydrogens (tertiary/aromatic N) is 2. The molecule has 1 aromatic carbocycles. The molecule has 4 heteroatoms. The van der Waals surface area contributed by atoms with Crippen molar-refractivity contribution in [3.63, 3.8) is 0 Å². The molecule has 0 bridgehead atoms. The molecule has 1 aromatic heterocycles. The smallest absolute Gasteiger partial charge is 0.181 e. The molecule has 0 spiro atoms. The summed E-state index contributed by atoms with van der Waals surface area (Å²) in [5.74, 6) is 2.44. The number of nitrogens with one attached hydrogen (secondary N) is 1. The maximum atomic E-state index is 4.66. The highest BCUT2D eigenvalue weighted by Gasteiger charge is 2.19. The van der Waals surface area contributed by atoms with E-state index >= 15 is 0 Å². The van der Waals surface area contributed by atoms with Gasteiger partial charge in [-0.15, -0.1) is 0 Å². The predicted molar refractivity (Wildman–Crippen MR) is 75.3 cm³/mol. The first-order valence-corrected chi connectivity index (χ1v) is 7.30. The maximum Gasteiger partial charge on any atom is 0.181 e. The van der Waals surface area contributed by atoms with Gasteiger partial charge in [0.25, 0.3) is 0 Å². The largest absolute Gasteiger partial charge is 0.262 e. The van der Waals surface area contributed by atoms with Gasteiger partial charge >= 0.3 is 0 Å². The zero-order valence-electron chi connectivity index (χ0n) is 10.2. The van der Waals surface area contributed by atoms with Gasteiger partial charge in [0, 0.05) is 16.0 Å². The SMILES string of the molecule is Brc1cccc(-c2n[nH]c(C3CCCCC3)n2)c1. The summed E-state index contributed by atoms with van der Waals surface area (Å²) in [6.45, 7) is 0. The van der Waals surface area contributed by atoms with Gasteiger partial charge in [-0.1, -0.05) is 47.3 Å². The number of H-pyrrole nitrogens is 1. The van der Waals surface area contributed by atoms with Crippen molar-refractivity contribution < 1.29 is 0 Å². The van der Waals surface area contributed by atoms with E-state index in [1.807, 2.05) is 24.3 Å². The summed E-state index contributed by atoms with van der Waals surface area (Å²) in [6, 6.07) is 8.11. The van der Waals surface area contributed by atoms with Crippen molar-refractivity contribution in [1.82, 2.24) is 15.2 Å². The summed E-state index contributed by atoms with van der Waals surface area (Å²) in [5, 5.41) is 7.46. The first kappa shape index (κ1) is 11.9. The van der Waals surface area contributed by atoms with Crippen molar-refractivity contribution in [1.29, 1.82) is 0 Å². The van der Waals surface area contributed by atoms with Crippen molar-refractivity contribution in [3.05, 3.63) is 34.6 Å². The minimum atomic E-state index is 0.576. The number of hydrogen-bond acceptors (Lipinski definition) is 2. The molecule has 1 N–H and O–H groups in total. The molecular weight excluding hydrogens is 290 g/mol. The average molecular weight is 306 g/mol. The number of rotatable bonds is 2. The number of benzene rings is 1. The predicted octanol–water partition coefficient (Wildman–Crippen LogP) is 4.28. The summed E-state index contributed by atoms with van der Waals surface area (Å²) in [7, 11) is 0. The zero-order chi connectivity index (χ0) is 12.4. The summed E-state index contributed by atoms with van der Waals surface area (Å²) < 4.78 is 1.06. The number of halogens is 1. The van der Waals surface area contributed by atoms with Crippen LogP contribution >= 0.6 is 15.9 Å². The molecule has 94 valence electrons. The number of aromatic nitrogens is 3. The second-order valence-electron chi connectivity index (χ2n) is 4.89. The molecule has 0 amide bonds. The molecule has 0 radical (unpaired) electrons. The fraction of sp³-hybridized carbons (Fsp3) is 0.429. The van der Waals surface area contributed by atoms with Gasteiger partial charge in [-0.3, -0.25) is 5.10 Å². The lowest BCUT2D eigenvalue weighted by Crippen LogP contribution is -2.06. The minimum Gasteiger partial charge on any atom is -0.262 e. The summed E-state index contributed by atoms with van der Waals surface area (Å²) >= 11 is 3.48.